The van der Waals surface area contributed by atoms with Crippen LogP contribution in [0.4, 0.5) is 30.6 Å². The zero-order chi connectivity index (χ0) is 16.9. The number of morpholine rings is 1. The molecule has 0 atom stereocenters. The van der Waals surface area contributed by atoms with Gasteiger partial charge < -0.3 is 20.3 Å². The number of nitrogens with one attached hydrogen (secondary N) is 2. The Bertz CT molecular complexity index is 734. The monoisotopic (exact) mass is 333 g/mol. The maximum atomic E-state index is 13.2. The molecule has 0 aromatic heterocycles. The molecule has 2 N–H and O–H groups in total. The largest absolute Gasteiger partial charge is 0.378 e. The van der Waals surface area contributed by atoms with E-state index < -0.39 is 17.7 Å². The Morgan fingerprint density at radius 3 is 2.50 bits per heavy atom. The van der Waals surface area contributed by atoms with Crippen LogP contribution in [0.2, 0.25) is 0 Å². The molecule has 0 radical (unpaired) electrons. The number of carbonyl (C=O) groups is 1. The lowest BCUT2D eigenvalue weighted by atomic mass is 10.2. The average Bonchev–Trinajstić information content (AvgIpc) is 2.59. The third-order valence-corrected chi connectivity index (χ3v) is 3.68. The minimum atomic E-state index is -1.01. The van der Waals surface area contributed by atoms with Crippen LogP contribution >= 0.6 is 0 Å². The minimum absolute atomic E-state index is 0.176. The van der Waals surface area contributed by atoms with Gasteiger partial charge in [0.05, 0.1) is 24.6 Å². The second-order valence-corrected chi connectivity index (χ2v) is 5.32. The number of benzene rings is 2. The Morgan fingerprint density at radius 2 is 1.75 bits per heavy atom. The van der Waals surface area contributed by atoms with E-state index in [0.717, 1.165) is 30.9 Å². The highest BCUT2D eigenvalue weighted by Gasteiger charge is 2.16. The molecule has 2 aromatic rings. The van der Waals surface area contributed by atoms with Crippen LogP contribution in [0.5, 0.6) is 0 Å². The number of rotatable bonds is 3. The second-order valence-electron chi connectivity index (χ2n) is 5.32. The molecular weight excluding hydrogens is 316 g/mol. The molecular formula is C17H17F2N3O2. The van der Waals surface area contributed by atoms with Crippen LogP contribution in [0.1, 0.15) is 0 Å². The molecule has 2 aromatic carbocycles. The van der Waals surface area contributed by atoms with Gasteiger partial charge in [0.25, 0.3) is 0 Å². The first kappa shape index (κ1) is 16.2. The molecule has 0 aliphatic carbocycles. The fourth-order valence-corrected chi connectivity index (χ4v) is 2.52. The number of halogens is 2. The van der Waals surface area contributed by atoms with Gasteiger partial charge in [0.2, 0.25) is 0 Å². The summed E-state index contributed by atoms with van der Waals surface area (Å²) in [5.41, 5.74) is 1.70. The summed E-state index contributed by atoms with van der Waals surface area (Å²) in [6.45, 7) is 2.75. The summed E-state index contributed by atoms with van der Waals surface area (Å²) in [6.07, 6.45) is 0. The maximum absolute atomic E-state index is 13.2. The third-order valence-electron chi connectivity index (χ3n) is 3.68. The Balaban J connectivity index is 1.71. The van der Waals surface area contributed by atoms with Crippen molar-refractivity contribution < 1.29 is 18.3 Å². The quantitative estimate of drug-likeness (QED) is 0.905. The summed E-state index contributed by atoms with van der Waals surface area (Å²) in [5, 5.41) is 5.23. The second kappa shape index (κ2) is 7.27. The lowest BCUT2D eigenvalue weighted by molar-refractivity contribution is 0.123. The highest BCUT2D eigenvalue weighted by Crippen LogP contribution is 2.26. The molecule has 24 heavy (non-hydrogen) atoms. The highest BCUT2D eigenvalue weighted by molar-refractivity contribution is 6.01. The van der Waals surface area contributed by atoms with Crippen molar-refractivity contribution in [3.63, 3.8) is 0 Å². The van der Waals surface area contributed by atoms with Crippen molar-refractivity contribution >= 4 is 23.1 Å². The molecule has 0 bridgehead atoms. The summed E-state index contributed by atoms with van der Waals surface area (Å²) in [7, 11) is 0. The standard InChI is InChI=1S/C17H17F2N3O2/c18-13-6-5-12(11-14(13)19)20-17(23)21-15-3-1-2-4-16(15)22-7-9-24-10-8-22/h1-6,11H,7-10H2,(H2,20,21,23). The fourth-order valence-electron chi connectivity index (χ4n) is 2.52. The molecule has 126 valence electrons. The first-order valence-electron chi connectivity index (χ1n) is 7.58. The SMILES string of the molecule is O=C(Nc1ccc(F)c(F)c1)Nc1ccccc1N1CCOCC1. The van der Waals surface area contributed by atoms with E-state index in [1.165, 1.54) is 6.07 Å². The number of carbonyl (C=O) groups excluding carboxylic acids is 1. The summed E-state index contributed by atoms with van der Waals surface area (Å²) in [5.74, 6) is -1.97. The molecule has 3 rings (SSSR count). The minimum Gasteiger partial charge on any atom is -0.378 e. The van der Waals surface area contributed by atoms with Crippen molar-refractivity contribution in [2.75, 3.05) is 41.8 Å². The number of urea groups is 1. The summed E-state index contributed by atoms with van der Waals surface area (Å²) >= 11 is 0. The molecule has 2 amide bonds. The summed E-state index contributed by atoms with van der Waals surface area (Å²) in [6, 6.07) is 10.1. The Hall–Kier alpha value is -2.67. The third kappa shape index (κ3) is 3.80. The molecule has 1 saturated heterocycles. The van der Waals surface area contributed by atoms with E-state index in [2.05, 4.69) is 15.5 Å². The smallest absolute Gasteiger partial charge is 0.323 e. The molecule has 0 saturated carbocycles. The van der Waals surface area contributed by atoms with Crippen molar-refractivity contribution in [1.29, 1.82) is 0 Å². The van der Waals surface area contributed by atoms with E-state index in [4.69, 9.17) is 4.74 Å². The zero-order valence-electron chi connectivity index (χ0n) is 12.9. The number of ether oxygens (including phenoxy) is 1. The molecule has 0 spiro atoms. The van der Waals surface area contributed by atoms with Gasteiger partial charge in [-0.2, -0.15) is 0 Å². The van der Waals surface area contributed by atoms with E-state index in [-0.39, 0.29) is 5.69 Å². The molecule has 1 aliphatic heterocycles. The number of nitrogens with zero attached hydrogens (tertiary/aromatic N) is 1. The van der Waals surface area contributed by atoms with Crippen LogP contribution in [-0.4, -0.2) is 32.3 Å². The summed E-state index contributed by atoms with van der Waals surface area (Å²) < 4.78 is 31.5. The van der Waals surface area contributed by atoms with Gasteiger partial charge in [0.1, 0.15) is 0 Å². The molecule has 1 fully saturated rings. The van der Waals surface area contributed by atoms with Gasteiger partial charge >= 0.3 is 6.03 Å². The maximum Gasteiger partial charge on any atom is 0.323 e. The number of hydrogen-bond donors (Lipinski definition) is 2. The molecule has 7 heteroatoms. The number of para-hydroxylation sites is 2. The molecule has 1 heterocycles. The summed E-state index contributed by atoms with van der Waals surface area (Å²) in [4.78, 5) is 14.3. The zero-order valence-corrected chi connectivity index (χ0v) is 12.9. The predicted octanol–water partition coefficient (Wildman–Crippen LogP) is 3.45. The normalized spacial score (nSPS) is 14.3. The number of hydrogen-bond acceptors (Lipinski definition) is 3. The van der Waals surface area contributed by atoms with E-state index >= 15 is 0 Å². The molecule has 1 aliphatic rings. The Kier molecular flexibility index (Phi) is 4.90. The van der Waals surface area contributed by atoms with E-state index in [1.807, 2.05) is 18.2 Å². The van der Waals surface area contributed by atoms with E-state index in [9.17, 15) is 13.6 Å². The van der Waals surface area contributed by atoms with Crippen LogP contribution < -0.4 is 15.5 Å². The van der Waals surface area contributed by atoms with Crippen molar-refractivity contribution in [3.8, 4) is 0 Å². The average molecular weight is 333 g/mol. The first-order chi connectivity index (χ1) is 11.6. The Morgan fingerprint density at radius 1 is 1.00 bits per heavy atom. The number of anilines is 3. The van der Waals surface area contributed by atoms with E-state index in [0.29, 0.717) is 18.9 Å². The van der Waals surface area contributed by atoms with Crippen LogP contribution in [0.25, 0.3) is 0 Å². The van der Waals surface area contributed by atoms with Crippen molar-refractivity contribution in [1.82, 2.24) is 0 Å². The van der Waals surface area contributed by atoms with Crippen LogP contribution in [0.3, 0.4) is 0 Å². The van der Waals surface area contributed by atoms with Gasteiger partial charge in [-0.25, -0.2) is 13.6 Å². The lowest BCUT2D eigenvalue weighted by Gasteiger charge is -2.30. The van der Waals surface area contributed by atoms with E-state index in [1.54, 1.807) is 6.07 Å². The van der Waals surface area contributed by atoms with Crippen molar-refractivity contribution in [2.24, 2.45) is 0 Å². The fraction of sp³-hybridized carbons (Fsp3) is 0.235. The van der Waals surface area contributed by atoms with Gasteiger partial charge in [0, 0.05) is 24.8 Å². The van der Waals surface area contributed by atoms with Crippen LogP contribution in [0.15, 0.2) is 42.5 Å². The predicted molar refractivity (Wildman–Crippen MR) is 88.5 cm³/mol. The van der Waals surface area contributed by atoms with Gasteiger partial charge in [-0.15, -0.1) is 0 Å². The van der Waals surface area contributed by atoms with Crippen molar-refractivity contribution in [3.05, 3.63) is 54.1 Å². The van der Waals surface area contributed by atoms with Crippen molar-refractivity contribution in [2.45, 2.75) is 0 Å². The van der Waals surface area contributed by atoms with Gasteiger partial charge in [-0.05, 0) is 24.3 Å². The topological polar surface area (TPSA) is 53.6 Å². The van der Waals surface area contributed by atoms with Gasteiger partial charge in [-0.1, -0.05) is 12.1 Å². The van der Waals surface area contributed by atoms with Gasteiger partial charge in [0.15, 0.2) is 11.6 Å². The Labute approximate surface area is 138 Å². The van der Waals surface area contributed by atoms with Gasteiger partial charge in [-0.3, -0.25) is 0 Å². The first-order valence-corrected chi connectivity index (χ1v) is 7.58. The highest BCUT2D eigenvalue weighted by atomic mass is 19.2. The van der Waals surface area contributed by atoms with Crippen LogP contribution in [0, 0.1) is 11.6 Å². The molecule has 5 nitrogen and oxygen atoms in total. The lowest BCUT2D eigenvalue weighted by Crippen LogP contribution is -2.37. The molecule has 0 unspecified atom stereocenters. The number of amides is 2. The van der Waals surface area contributed by atoms with Crippen LogP contribution in [-0.2, 0) is 4.74 Å².